The molecule has 2 fully saturated rings. The molecule has 2 saturated heterocycles. The van der Waals surface area contributed by atoms with E-state index in [0.717, 1.165) is 57.4 Å². The van der Waals surface area contributed by atoms with Gasteiger partial charge >= 0.3 is 12.2 Å². The summed E-state index contributed by atoms with van der Waals surface area (Å²) in [6.45, 7) is 16.6. The Hall–Kier alpha value is -6.71. The van der Waals surface area contributed by atoms with E-state index in [4.69, 9.17) is 19.4 Å². The number of hydrogen-bond donors (Lipinski definition) is 5. The molecule has 16 nitrogen and oxygen atoms in total. The molecule has 5 aromatic rings. The number of nitrogens with zero attached hydrogens (tertiary/aromatic N) is 4. The third kappa shape index (κ3) is 10.6. The number of aromatic nitrogens is 4. The van der Waals surface area contributed by atoms with Gasteiger partial charge in [-0.15, -0.1) is 0 Å². The number of carbonyl (C=O) groups is 5. The number of carbonyl (C=O) groups excluding carboxylic acids is 5. The van der Waals surface area contributed by atoms with Crippen molar-refractivity contribution >= 4 is 40.9 Å². The van der Waals surface area contributed by atoms with Crippen molar-refractivity contribution in [1.82, 2.24) is 45.7 Å². The maximum Gasteiger partial charge on any atom is 0.407 e. The molecule has 7 rings (SSSR count). The number of likely N-dealkylation sites (tertiary alicyclic amines) is 2. The molecule has 5 amide bonds. The van der Waals surface area contributed by atoms with Gasteiger partial charge in [0.15, 0.2) is 0 Å². The van der Waals surface area contributed by atoms with Gasteiger partial charge in [-0.1, -0.05) is 110 Å². The SMILES string of the molecule is COC(=O)N[C@H](C(=O)N[C@H](C(=O)N1C[C@@H](C)C[C@H]1c1nc2cc(-c3ccc(-c4ccc(-c5c[nH]c([C@@H]6C[C@H](C)CN6C(=O)[C@@H](NC(=O)OC)C(C)C)n5)cc4)cc3)ccc2[nH]1)C(C)C)C(C)C. The molecule has 0 saturated carbocycles. The fourth-order valence-electron chi connectivity index (χ4n) is 9.34. The number of alkyl carbamates (subject to hydrolysis) is 2. The Morgan fingerprint density at radius 3 is 1.55 bits per heavy atom. The smallest absolute Gasteiger partial charge is 0.407 e. The molecular formula is C51H65N9O7. The van der Waals surface area contributed by atoms with E-state index in [2.05, 4.69) is 88.3 Å². The number of fused-ring (bicyclic) bond motifs is 1. The summed E-state index contributed by atoms with van der Waals surface area (Å²) in [5, 5.41) is 8.24. The number of hydrogen-bond acceptors (Lipinski definition) is 9. The molecule has 3 aromatic carbocycles. The number of H-pyrrole nitrogens is 2. The maximum atomic E-state index is 14.3. The molecule has 67 heavy (non-hydrogen) atoms. The second kappa shape index (κ2) is 20.4. The van der Waals surface area contributed by atoms with Gasteiger partial charge in [-0.25, -0.2) is 19.6 Å². The van der Waals surface area contributed by atoms with Crippen molar-refractivity contribution in [3.05, 3.63) is 84.6 Å². The Labute approximate surface area is 392 Å². The number of imidazole rings is 2. The van der Waals surface area contributed by atoms with Gasteiger partial charge in [0.05, 0.1) is 43.0 Å². The highest BCUT2D eigenvalue weighted by atomic mass is 16.5. The van der Waals surface area contributed by atoms with Crippen LogP contribution >= 0.6 is 0 Å². The number of aromatic amines is 2. The number of benzene rings is 3. The minimum absolute atomic E-state index is 0.122. The van der Waals surface area contributed by atoms with Gasteiger partial charge in [-0.05, 0) is 76.8 Å². The second-order valence-corrected chi connectivity index (χ2v) is 19.3. The molecule has 4 heterocycles. The molecule has 5 N–H and O–H groups in total. The van der Waals surface area contributed by atoms with Crippen LogP contribution in [0.4, 0.5) is 9.59 Å². The molecule has 0 spiro atoms. The Kier molecular flexibility index (Phi) is 14.7. The van der Waals surface area contributed by atoms with Crippen molar-refractivity contribution in [3.63, 3.8) is 0 Å². The minimum atomic E-state index is -0.866. The first-order valence-electron chi connectivity index (χ1n) is 23.3. The minimum Gasteiger partial charge on any atom is -0.453 e. The molecule has 7 atom stereocenters. The number of nitrogens with one attached hydrogen (secondary N) is 5. The average Bonchev–Trinajstić information content (AvgIpc) is 4.14. The number of methoxy groups -OCH3 is 2. The van der Waals surface area contributed by atoms with Crippen LogP contribution in [0.1, 0.15) is 92.0 Å². The zero-order valence-corrected chi connectivity index (χ0v) is 40.2. The molecule has 2 aromatic heterocycles. The van der Waals surface area contributed by atoms with Gasteiger partial charge in [0, 0.05) is 24.8 Å². The predicted molar refractivity (Wildman–Crippen MR) is 256 cm³/mol. The number of rotatable bonds is 14. The van der Waals surface area contributed by atoms with Crippen molar-refractivity contribution in [2.24, 2.45) is 29.6 Å². The molecule has 2 aliphatic heterocycles. The lowest BCUT2D eigenvalue weighted by Crippen LogP contribution is -2.57. The van der Waals surface area contributed by atoms with Crippen LogP contribution in [0.15, 0.2) is 72.9 Å². The van der Waals surface area contributed by atoms with Gasteiger partial charge < -0.3 is 45.2 Å². The first kappa shape index (κ1) is 48.2. The molecule has 0 bridgehead atoms. The average molecular weight is 916 g/mol. The van der Waals surface area contributed by atoms with Gasteiger partial charge in [-0.3, -0.25) is 14.4 Å². The van der Waals surface area contributed by atoms with E-state index in [0.29, 0.717) is 24.7 Å². The van der Waals surface area contributed by atoms with Crippen LogP contribution in [0, 0.1) is 29.6 Å². The van der Waals surface area contributed by atoms with Crippen LogP contribution in [-0.4, -0.2) is 105 Å². The normalized spacial score (nSPS) is 19.7. The topological polar surface area (TPSA) is 204 Å². The highest BCUT2D eigenvalue weighted by molar-refractivity contribution is 5.92. The third-order valence-electron chi connectivity index (χ3n) is 13.1. The van der Waals surface area contributed by atoms with E-state index in [9.17, 15) is 24.0 Å². The van der Waals surface area contributed by atoms with Gasteiger partial charge in [0.1, 0.15) is 29.8 Å². The number of ether oxygens (including phenoxy) is 2. The van der Waals surface area contributed by atoms with Crippen LogP contribution in [-0.2, 0) is 23.9 Å². The molecule has 16 heteroatoms. The fourth-order valence-corrected chi connectivity index (χ4v) is 9.34. The fraction of sp³-hybridized carbons (Fsp3) is 0.471. The van der Waals surface area contributed by atoms with Gasteiger partial charge in [0.2, 0.25) is 17.7 Å². The number of amides is 5. The van der Waals surface area contributed by atoms with Crippen molar-refractivity contribution in [2.75, 3.05) is 27.3 Å². The Balaban J connectivity index is 1.02. The first-order valence-corrected chi connectivity index (χ1v) is 23.3. The maximum absolute atomic E-state index is 14.3. The summed E-state index contributed by atoms with van der Waals surface area (Å²) in [5.41, 5.74) is 7.55. The van der Waals surface area contributed by atoms with Crippen molar-refractivity contribution < 1.29 is 33.4 Å². The van der Waals surface area contributed by atoms with Crippen molar-refractivity contribution in [2.45, 2.75) is 98.4 Å². The summed E-state index contributed by atoms with van der Waals surface area (Å²) in [6.07, 6.45) is 2.02. The summed E-state index contributed by atoms with van der Waals surface area (Å²) in [5.74, 6) is 0.574. The van der Waals surface area contributed by atoms with E-state index >= 15 is 0 Å². The van der Waals surface area contributed by atoms with Crippen molar-refractivity contribution in [3.8, 4) is 33.5 Å². The Bertz CT molecular complexity index is 2570. The predicted octanol–water partition coefficient (Wildman–Crippen LogP) is 8.01. The van der Waals surface area contributed by atoms with E-state index in [-0.39, 0.29) is 53.5 Å². The zero-order chi connectivity index (χ0) is 48.3. The van der Waals surface area contributed by atoms with Crippen LogP contribution < -0.4 is 16.0 Å². The summed E-state index contributed by atoms with van der Waals surface area (Å²) < 4.78 is 9.52. The monoisotopic (exact) mass is 916 g/mol. The van der Waals surface area contributed by atoms with E-state index in [1.54, 1.807) is 0 Å². The molecule has 356 valence electrons. The molecular weight excluding hydrogens is 851 g/mol. The standard InChI is InChI=1S/C51H65N9O7/c1-27(2)42(57-50(64)66-9)47(61)56-43(28(3)4)48(62)60-26-31(8)22-41(60)46-53-37-20-19-36(23-38(37)54-46)34-13-11-32(12-14-34)33-15-17-35(18-16-33)39-24-52-45(55-39)40-21-30(7)25-59(40)49(63)44(29(5)6)58-51(65)67-10/h11-20,23-24,27-31,40-44H,21-22,25-26H2,1-10H3,(H,52,55)(H,53,54)(H,56,61)(H,57,64)(H,58,65)/t30-,31-,40-,41-,42-,43-,44-/m0/s1. The summed E-state index contributed by atoms with van der Waals surface area (Å²) >= 11 is 0. The van der Waals surface area contributed by atoms with Crippen LogP contribution in [0.5, 0.6) is 0 Å². The summed E-state index contributed by atoms with van der Waals surface area (Å²) in [6, 6.07) is 19.9. The third-order valence-corrected chi connectivity index (χ3v) is 13.1. The van der Waals surface area contributed by atoms with E-state index in [1.165, 1.54) is 14.2 Å². The van der Waals surface area contributed by atoms with Crippen molar-refractivity contribution in [1.29, 1.82) is 0 Å². The van der Waals surface area contributed by atoms with Crippen LogP contribution in [0.3, 0.4) is 0 Å². The second-order valence-electron chi connectivity index (χ2n) is 19.3. The Morgan fingerprint density at radius 1 is 0.597 bits per heavy atom. The van der Waals surface area contributed by atoms with E-state index in [1.807, 2.05) is 75.7 Å². The first-order chi connectivity index (χ1) is 32.0. The molecule has 0 aliphatic carbocycles. The highest BCUT2D eigenvalue weighted by Gasteiger charge is 2.42. The van der Waals surface area contributed by atoms with E-state index < -0.39 is 36.2 Å². The quantitative estimate of drug-likeness (QED) is 0.0731. The lowest BCUT2D eigenvalue weighted by molar-refractivity contribution is -0.139. The van der Waals surface area contributed by atoms with Crippen LogP contribution in [0.25, 0.3) is 44.5 Å². The highest BCUT2D eigenvalue weighted by Crippen LogP contribution is 2.38. The summed E-state index contributed by atoms with van der Waals surface area (Å²) in [4.78, 5) is 85.9. The van der Waals surface area contributed by atoms with Gasteiger partial charge in [-0.2, -0.15) is 0 Å². The molecule has 2 aliphatic rings. The van der Waals surface area contributed by atoms with Crippen LogP contribution in [0.2, 0.25) is 0 Å². The zero-order valence-electron chi connectivity index (χ0n) is 40.2. The molecule has 0 unspecified atom stereocenters. The summed E-state index contributed by atoms with van der Waals surface area (Å²) in [7, 11) is 2.54. The largest absolute Gasteiger partial charge is 0.453 e. The lowest BCUT2D eigenvalue weighted by atomic mass is 9.99. The molecule has 0 radical (unpaired) electrons. The lowest BCUT2D eigenvalue weighted by Gasteiger charge is -2.32. The van der Waals surface area contributed by atoms with Gasteiger partial charge in [0.25, 0.3) is 0 Å². The Morgan fingerprint density at radius 2 is 1.04 bits per heavy atom.